The van der Waals surface area contributed by atoms with Crippen LogP contribution in [0.2, 0.25) is 0 Å². The molecule has 0 aliphatic carbocycles. The number of nitrogens with zero attached hydrogens (tertiary/aromatic N) is 7. The third kappa shape index (κ3) is 4.79. The summed E-state index contributed by atoms with van der Waals surface area (Å²) in [6.07, 6.45) is 4.68. The Bertz CT molecular complexity index is 1530. The molecular weight excluding hydrogens is 472 g/mol. The van der Waals surface area contributed by atoms with Crippen molar-refractivity contribution in [1.29, 1.82) is 5.26 Å². The van der Waals surface area contributed by atoms with E-state index >= 15 is 0 Å². The summed E-state index contributed by atoms with van der Waals surface area (Å²) in [5.41, 5.74) is 2.59. The number of fused-ring (bicyclic) bond motifs is 1. The van der Waals surface area contributed by atoms with Crippen molar-refractivity contribution in [2.75, 3.05) is 18.4 Å². The molecule has 0 aromatic carbocycles. The van der Waals surface area contributed by atoms with E-state index in [4.69, 9.17) is 10.00 Å². The number of aryl methyl sites for hydroxylation is 2. The minimum atomic E-state index is -0.804. The van der Waals surface area contributed by atoms with Crippen LogP contribution in [-0.2, 0) is 7.05 Å². The lowest BCUT2D eigenvalue weighted by Gasteiger charge is -2.45. The number of carbonyl (C=O) groups is 1. The zero-order chi connectivity index (χ0) is 26.3. The molecule has 1 amide bonds. The molecule has 0 bridgehead atoms. The highest BCUT2D eigenvalue weighted by Gasteiger charge is 2.39. The number of nitriles is 1. The number of ether oxygens (including phenoxy) is 1. The largest absolute Gasteiger partial charge is 0.437 e. The molecule has 188 valence electrons. The van der Waals surface area contributed by atoms with Crippen molar-refractivity contribution in [3.8, 4) is 17.7 Å². The molecule has 0 atom stereocenters. The monoisotopic (exact) mass is 498 g/mol. The van der Waals surface area contributed by atoms with Crippen molar-refractivity contribution < 1.29 is 14.6 Å². The van der Waals surface area contributed by atoms with Gasteiger partial charge in [-0.2, -0.15) is 10.2 Å². The van der Waals surface area contributed by atoms with Gasteiger partial charge in [0.15, 0.2) is 11.4 Å². The molecule has 0 unspecified atom stereocenters. The minimum absolute atomic E-state index is 0.0677. The number of amides is 1. The molecule has 1 fully saturated rings. The average Bonchev–Trinajstić information content (AvgIpc) is 3.20. The summed E-state index contributed by atoms with van der Waals surface area (Å²) < 4.78 is 7.77. The maximum Gasteiger partial charge on any atom is 0.255 e. The van der Waals surface area contributed by atoms with Crippen LogP contribution in [0.4, 0.5) is 11.5 Å². The van der Waals surface area contributed by atoms with Gasteiger partial charge >= 0.3 is 0 Å². The highest BCUT2D eigenvalue weighted by Crippen LogP contribution is 2.32. The van der Waals surface area contributed by atoms with Crippen molar-refractivity contribution in [3.05, 3.63) is 59.8 Å². The summed E-state index contributed by atoms with van der Waals surface area (Å²) in [6.45, 7) is 6.40. The SMILES string of the molecule is Cc1cc(C#N)ncc1Oc1cc(Nc2ccc(C(=O)N3CC(C(C)(C)O)C3)cn2)c2ncn(C)c2n1. The van der Waals surface area contributed by atoms with Gasteiger partial charge in [-0.05, 0) is 44.5 Å². The maximum absolute atomic E-state index is 12.8. The first kappa shape index (κ1) is 24.1. The number of carbonyl (C=O) groups excluding carboxylic acids is 1. The number of pyridine rings is 3. The molecule has 1 saturated heterocycles. The number of imidazole rings is 1. The average molecular weight is 499 g/mol. The molecule has 5 rings (SSSR count). The predicted octanol–water partition coefficient (Wildman–Crippen LogP) is 3.32. The van der Waals surface area contributed by atoms with Gasteiger partial charge in [-0.3, -0.25) is 4.79 Å². The number of aliphatic hydroxyl groups is 1. The minimum Gasteiger partial charge on any atom is -0.437 e. The van der Waals surface area contributed by atoms with E-state index in [-0.39, 0.29) is 11.8 Å². The maximum atomic E-state index is 12.8. The van der Waals surface area contributed by atoms with Crippen LogP contribution in [0, 0.1) is 24.2 Å². The number of rotatable bonds is 6. The molecule has 1 aliphatic heterocycles. The van der Waals surface area contributed by atoms with E-state index in [0.29, 0.717) is 58.6 Å². The third-order valence-electron chi connectivity index (χ3n) is 6.48. The Balaban J connectivity index is 1.36. The van der Waals surface area contributed by atoms with Crippen LogP contribution < -0.4 is 10.1 Å². The van der Waals surface area contributed by atoms with Crippen molar-refractivity contribution in [2.45, 2.75) is 26.4 Å². The van der Waals surface area contributed by atoms with E-state index in [9.17, 15) is 9.90 Å². The molecule has 0 spiro atoms. The quantitative estimate of drug-likeness (QED) is 0.409. The summed E-state index contributed by atoms with van der Waals surface area (Å²) >= 11 is 0. The molecule has 1 aliphatic rings. The summed E-state index contributed by atoms with van der Waals surface area (Å²) in [4.78, 5) is 32.0. The number of hydrogen-bond donors (Lipinski definition) is 2. The van der Waals surface area contributed by atoms with Crippen molar-refractivity contribution in [2.24, 2.45) is 13.0 Å². The second-order valence-corrected chi connectivity index (χ2v) is 9.70. The van der Waals surface area contributed by atoms with E-state index in [0.717, 1.165) is 5.56 Å². The highest BCUT2D eigenvalue weighted by atomic mass is 16.5. The molecule has 4 aromatic rings. The second-order valence-electron chi connectivity index (χ2n) is 9.70. The summed E-state index contributed by atoms with van der Waals surface area (Å²) in [5.74, 6) is 1.28. The van der Waals surface area contributed by atoms with Crippen molar-refractivity contribution in [1.82, 2.24) is 29.4 Å². The highest BCUT2D eigenvalue weighted by molar-refractivity contribution is 5.95. The first-order valence-electron chi connectivity index (χ1n) is 11.7. The van der Waals surface area contributed by atoms with Crippen LogP contribution in [0.1, 0.15) is 35.5 Å². The van der Waals surface area contributed by atoms with Gasteiger partial charge in [-0.15, -0.1) is 0 Å². The molecule has 4 aromatic heterocycles. The number of nitrogens with one attached hydrogen (secondary N) is 1. The van der Waals surface area contributed by atoms with Gasteiger partial charge in [0.2, 0.25) is 5.88 Å². The van der Waals surface area contributed by atoms with Crippen molar-refractivity contribution >= 4 is 28.6 Å². The second kappa shape index (κ2) is 9.15. The Morgan fingerprint density at radius 3 is 2.65 bits per heavy atom. The molecule has 2 N–H and O–H groups in total. The number of aromatic nitrogens is 5. The molecule has 0 saturated carbocycles. The van der Waals surface area contributed by atoms with Crippen LogP contribution >= 0.6 is 0 Å². The third-order valence-corrected chi connectivity index (χ3v) is 6.48. The van der Waals surface area contributed by atoms with Crippen LogP contribution in [0.25, 0.3) is 11.2 Å². The fourth-order valence-corrected chi connectivity index (χ4v) is 4.05. The zero-order valence-corrected chi connectivity index (χ0v) is 20.9. The van der Waals surface area contributed by atoms with Crippen LogP contribution in [0.15, 0.2) is 43.0 Å². The van der Waals surface area contributed by atoms with Crippen molar-refractivity contribution in [3.63, 3.8) is 0 Å². The number of hydrogen-bond acceptors (Lipinski definition) is 9. The molecule has 0 radical (unpaired) electrons. The lowest BCUT2D eigenvalue weighted by Crippen LogP contribution is -2.57. The van der Waals surface area contributed by atoms with E-state index in [1.807, 2.05) is 20.0 Å². The Hall–Kier alpha value is -4.56. The summed E-state index contributed by atoms with van der Waals surface area (Å²) in [7, 11) is 1.83. The van der Waals surface area contributed by atoms with Gasteiger partial charge < -0.3 is 24.6 Å². The number of likely N-dealkylation sites (tertiary alicyclic amines) is 1. The Labute approximate surface area is 213 Å². The van der Waals surface area contributed by atoms with Gasteiger partial charge in [0.25, 0.3) is 5.91 Å². The van der Waals surface area contributed by atoms with Crippen LogP contribution in [-0.4, -0.2) is 59.1 Å². The fourth-order valence-electron chi connectivity index (χ4n) is 4.05. The molecule has 11 heteroatoms. The first-order chi connectivity index (χ1) is 17.6. The Kier molecular flexibility index (Phi) is 5.97. The lowest BCUT2D eigenvalue weighted by atomic mass is 9.84. The Morgan fingerprint density at radius 2 is 2.00 bits per heavy atom. The Morgan fingerprint density at radius 1 is 1.22 bits per heavy atom. The van der Waals surface area contributed by atoms with E-state index in [2.05, 4.69) is 25.3 Å². The molecule has 5 heterocycles. The van der Waals surface area contributed by atoms with Gasteiger partial charge in [-0.1, -0.05) is 0 Å². The molecule has 37 heavy (non-hydrogen) atoms. The summed E-state index contributed by atoms with van der Waals surface area (Å²) in [6, 6.07) is 8.82. The first-order valence-corrected chi connectivity index (χ1v) is 11.7. The van der Waals surface area contributed by atoms with Gasteiger partial charge in [0, 0.05) is 38.3 Å². The molecule has 11 nitrogen and oxygen atoms in total. The van der Waals surface area contributed by atoms with Gasteiger partial charge in [0.05, 0.1) is 29.4 Å². The molecular formula is C26H26N8O3. The lowest BCUT2D eigenvalue weighted by molar-refractivity contribution is -0.0507. The van der Waals surface area contributed by atoms with Gasteiger partial charge in [-0.25, -0.2) is 15.0 Å². The van der Waals surface area contributed by atoms with Crippen LogP contribution in [0.3, 0.4) is 0 Å². The fraction of sp³-hybridized carbons (Fsp3) is 0.308. The standard InChI is InChI=1S/C26H26N8O3/c1-15-7-18(9-27)28-11-20(15)37-22-8-19(23-24(32-22)33(4)14-30-23)31-21-6-5-16(10-29-21)25(35)34-12-17(13-34)26(2,3)36/h5-8,10-11,14,17,36H,12-13H2,1-4H3,(H,29,31,32). The topological polar surface area (TPSA) is 142 Å². The van der Waals surface area contributed by atoms with Gasteiger partial charge in [0.1, 0.15) is 23.1 Å². The summed E-state index contributed by atoms with van der Waals surface area (Å²) in [5, 5.41) is 22.4. The van der Waals surface area contributed by atoms with E-state index in [1.165, 1.54) is 12.4 Å². The number of anilines is 2. The van der Waals surface area contributed by atoms with E-state index < -0.39 is 5.60 Å². The zero-order valence-electron chi connectivity index (χ0n) is 20.9. The normalized spacial score (nSPS) is 13.8. The predicted molar refractivity (Wildman–Crippen MR) is 135 cm³/mol. The van der Waals surface area contributed by atoms with E-state index in [1.54, 1.807) is 53.9 Å². The smallest absolute Gasteiger partial charge is 0.255 e. The van der Waals surface area contributed by atoms with Crippen LogP contribution in [0.5, 0.6) is 11.6 Å².